The molecule has 1 aliphatic heterocycles. The number of hydrogen-bond donors (Lipinski definition) is 1. The van der Waals surface area contributed by atoms with E-state index in [9.17, 15) is 4.79 Å². The Morgan fingerprint density at radius 2 is 2.44 bits per heavy atom. The van der Waals surface area contributed by atoms with E-state index in [0.29, 0.717) is 29.7 Å². The fourth-order valence-electron chi connectivity index (χ4n) is 1.73. The van der Waals surface area contributed by atoms with Gasteiger partial charge in [0, 0.05) is 13.1 Å². The van der Waals surface area contributed by atoms with Gasteiger partial charge in [-0.15, -0.1) is 0 Å². The first kappa shape index (κ1) is 11.3. The van der Waals surface area contributed by atoms with Gasteiger partial charge < -0.3 is 15.4 Å². The Balaban J connectivity index is 2.10. The second-order valence-electron chi connectivity index (χ2n) is 4.40. The number of rotatable bonds is 1. The van der Waals surface area contributed by atoms with Crippen LogP contribution in [0.3, 0.4) is 0 Å². The van der Waals surface area contributed by atoms with Crippen LogP contribution < -0.4 is 5.73 Å². The van der Waals surface area contributed by atoms with Crippen LogP contribution in [-0.4, -0.2) is 41.1 Å². The largest absolute Gasteiger partial charge is 0.375 e. The SMILES string of the molecule is CC1(C)CN(C(=O)c2cnc(N)s2)CCO1. The third kappa shape index (κ3) is 2.33. The maximum Gasteiger partial charge on any atom is 0.265 e. The summed E-state index contributed by atoms with van der Waals surface area (Å²) in [4.78, 5) is 18.4. The lowest BCUT2D eigenvalue weighted by molar-refractivity contribution is -0.0763. The molecule has 0 radical (unpaired) electrons. The number of nitrogen functional groups attached to an aromatic ring is 1. The molecule has 88 valence electrons. The monoisotopic (exact) mass is 241 g/mol. The fraction of sp³-hybridized carbons (Fsp3) is 0.600. The van der Waals surface area contributed by atoms with E-state index in [1.54, 1.807) is 4.90 Å². The number of ether oxygens (including phenoxy) is 1. The molecule has 2 rings (SSSR count). The number of aromatic nitrogens is 1. The summed E-state index contributed by atoms with van der Waals surface area (Å²) >= 11 is 1.22. The summed E-state index contributed by atoms with van der Waals surface area (Å²) in [5.74, 6) is -0.00873. The van der Waals surface area contributed by atoms with Gasteiger partial charge in [-0.05, 0) is 13.8 Å². The highest BCUT2D eigenvalue weighted by atomic mass is 32.1. The van der Waals surface area contributed by atoms with Crippen molar-refractivity contribution in [3.05, 3.63) is 11.1 Å². The molecule has 0 atom stereocenters. The zero-order valence-electron chi connectivity index (χ0n) is 9.40. The molecule has 2 heterocycles. The van der Waals surface area contributed by atoms with Crippen molar-refractivity contribution in [3.8, 4) is 0 Å². The second-order valence-corrected chi connectivity index (χ2v) is 5.46. The zero-order valence-corrected chi connectivity index (χ0v) is 10.2. The standard InChI is InChI=1S/C10H15N3O2S/c1-10(2)6-13(3-4-15-10)8(14)7-5-12-9(11)16-7/h5H,3-4,6H2,1-2H3,(H2,11,12). The number of nitrogens with zero attached hydrogens (tertiary/aromatic N) is 2. The van der Waals surface area contributed by atoms with Gasteiger partial charge >= 0.3 is 0 Å². The lowest BCUT2D eigenvalue weighted by Crippen LogP contribution is -2.50. The molecular weight excluding hydrogens is 226 g/mol. The number of thiazole rings is 1. The third-order valence-corrected chi connectivity index (χ3v) is 3.26. The molecule has 0 unspecified atom stereocenters. The molecule has 0 bridgehead atoms. The quantitative estimate of drug-likeness (QED) is 0.795. The summed E-state index contributed by atoms with van der Waals surface area (Å²) in [6.45, 7) is 5.76. The Hall–Kier alpha value is -1.14. The third-order valence-electron chi connectivity index (χ3n) is 2.45. The van der Waals surface area contributed by atoms with E-state index >= 15 is 0 Å². The zero-order chi connectivity index (χ0) is 11.8. The number of carbonyl (C=O) groups excluding carboxylic acids is 1. The van der Waals surface area contributed by atoms with Gasteiger partial charge in [0.15, 0.2) is 5.13 Å². The minimum Gasteiger partial charge on any atom is -0.375 e. The van der Waals surface area contributed by atoms with Crippen molar-refractivity contribution in [3.63, 3.8) is 0 Å². The maximum atomic E-state index is 12.1. The molecule has 6 heteroatoms. The fourth-order valence-corrected chi connectivity index (χ4v) is 2.38. The normalized spacial score (nSPS) is 19.8. The summed E-state index contributed by atoms with van der Waals surface area (Å²) in [7, 11) is 0. The van der Waals surface area contributed by atoms with Crippen molar-refractivity contribution in [1.29, 1.82) is 0 Å². The summed E-state index contributed by atoms with van der Waals surface area (Å²) in [6.07, 6.45) is 1.53. The van der Waals surface area contributed by atoms with Gasteiger partial charge in [0.25, 0.3) is 5.91 Å². The molecular formula is C10H15N3O2S. The Morgan fingerprint density at radius 3 is 3.00 bits per heavy atom. The van der Waals surface area contributed by atoms with E-state index in [-0.39, 0.29) is 11.5 Å². The minimum absolute atomic E-state index is 0.00873. The van der Waals surface area contributed by atoms with Gasteiger partial charge in [0.2, 0.25) is 0 Å². The maximum absolute atomic E-state index is 12.1. The van der Waals surface area contributed by atoms with E-state index in [4.69, 9.17) is 10.5 Å². The predicted molar refractivity (Wildman–Crippen MR) is 62.5 cm³/mol. The molecule has 1 saturated heterocycles. The van der Waals surface area contributed by atoms with Crippen molar-refractivity contribution in [1.82, 2.24) is 9.88 Å². The first-order valence-electron chi connectivity index (χ1n) is 5.12. The summed E-state index contributed by atoms with van der Waals surface area (Å²) in [5, 5.41) is 0.427. The number of nitrogens with two attached hydrogens (primary N) is 1. The van der Waals surface area contributed by atoms with E-state index in [0.717, 1.165) is 0 Å². The van der Waals surface area contributed by atoms with Gasteiger partial charge in [-0.1, -0.05) is 11.3 Å². The van der Waals surface area contributed by atoms with E-state index < -0.39 is 0 Å². The van der Waals surface area contributed by atoms with Crippen LogP contribution in [0.15, 0.2) is 6.20 Å². The topological polar surface area (TPSA) is 68.5 Å². The van der Waals surface area contributed by atoms with E-state index in [1.807, 2.05) is 13.8 Å². The molecule has 1 aromatic heterocycles. The number of anilines is 1. The Kier molecular flexibility index (Phi) is 2.86. The second kappa shape index (κ2) is 4.03. The van der Waals surface area contributed by atoms with Crippen LogP contribution in [0.1, 0.15) is 23.5 Å². The lowest BCUT2D eigenvalue weighted by atomic mass is 10.1. The number of morpholine rings is 1. The summed E-state index contributed by atoms with van der Waals surface area (Å²) in [6, 6.07) is 0. The van der Waals surface area contributed by atoms with Crippen LogP contribution in [0.5, 0.6) is 0 Å². The van der Waals surface area contributed by atoms with Crippen molar-refractivity contribution in [2.24, 2.45) is 0 Å². The molecule has 0 saturated carbocycles. The van der Waals surface area contributed by atoms with Crippen molar-refractivity contribution in [2.75, 3.05) is 25.4 Å². The van der Waals surface area contributed by atoms with Crippen LogP contribution in [0.4, 0.5) is 5.13 Å². The first-order valence-corrected chi connectivity index (χ1v) is 5.94. The average Bonchev–Trinajstić information content (AvgIpc) is 2.62. The Bertz CT molecular complexity index is 403. The molecule has 5 nitrogen and oxygen atoms in total. The van der Waals surface area contributed by atoms with Crippen LogP contribution in [-0.2, 0) is 4.74 Å². The first-order chi connectivity index (χ1) is 7.48. The Labute approximate surface area is 98.2 Å². The summed E-state index contributed by atoms with van der Waals surface area (Å²) in [5.41, 5.74) is 5.24. The van der Waals surface area contributed by atoms with Crippen LogP contribution in [0.25, 0.3) is 0 Å². The van der Waals surface area contributed by atoms with Gasteiger partial charge in [-0.3, -0.25) is 4.79 Å². The molecule has 0 spiro atoms. The van der Waals surface area contributed by atoms with Crippen LogP contribution >= 0.6 is 11.3 Å². The Morgan fingerprint density at radius 1 is 1.69 bits per heavy atom. The molecule has 0 aliphatic carbocycles. The van der Waals surface area contributed by atoms with Gasteiger partial charge in [-0.2, -0.15) is 0 Å². The van der Waals surface area contributed by atoms with Crippen molar-refractivity contribution in [2.45, 2.75) is 19.4 Å². The van der Waals surface area contributed by atoms with Crippen LogP contribution in [0.2, 0.25) is 0 Å². The minimum atomic E-state index is -0.274. The number of amides is 1. The molecule has 2 N–H and O–H groups in total. The lowest BCUT2D eigenvalue weighted by Gasteiger charge is -2.37. The number of carbonyl (C=O) groups is 1. The van der Waals surface area contributed by atoms with E-state index in [2.05, 4.69) is 4.98 Å². The highest BCUT2D eigenvalue weighted by Crippen LogP contribution is 2.21. The molecule has 1 aliphatic rings. The van der Waals surface area contributed by atoms with Gasteiger partial charge in [0.1, 0.15) is 4.88 Å². The van der Waals surface area contributed by atoms with Crippen LogP contribution in [0, 0.1) is 0 Å². The predicted octanol–water partition coefficient (Wildman–Crippen LogP) is 0.976. The molecule has 1 fully saturated rings. The van der Waals surface area contributed by atoms with E-state index in [1.165, 1.54) is 17.5 Å². The van der Waals surface area contributed by atoms with Crippen molar-refractivity contribution >= 4 is 22.4 Å². The molecule has 0 aromatic carbocycles. The smallest absolute Gasteiger partial charge is 0.265 e. The highest BCUT2D eigenvalue weighted by molar-refractivity contribution is 7.17. The summed E-state index contributed by atoms with van der Waals surface area (Å²) < 4.78 is 5.56. The average molecular weight is 241 g/mol. The number of hydrogen-bond acceptors (Lipinski definition) is 5. The van der Waals surface area contributed by atoms with Gasteiger partial charge in [-0.25, -0.2) is 4.98 Å². The van der Waals surface area contributed by atoms with Crippen molar-refractivity contribution < 1.29 is 9.53 Å². The van der Waals surface area contributed by atoms with Gasteiger partial charge in [0.05, 0.1) is 18.4 Å². The molecule has 1 aromatic rings. The highest BCUT2D eigenvalue weighted by Gasteiger charge is 2.30. The molecule has 16 heavy (non-hydrogen) atoms. The molecule has 1 amide bonds.